The Kier molecular flexibility index (Phi) is 3.56. The molecule has 0 aromatic heterocycles. The van der Waals surface area contributed by atoms with Gasteiger partial charge in [-0.2, -0.15) is 0 Å². The summed E-state index contributed by atoms with van der Waals surface area (Å²) in [6.07, 6.45) is 0. The van der Waals surface area contributed by atoms with E-state index >= 15 is 0 Å². The number of hydrogen-bond acceptors (Lipinski definition) is 5. The zero-order valence-corrected chi connectivity index (χ0v) is 10.3. The van der Waals surface area contributed by atoms with Crippen LogP contribution in [-0.2, 0) is 4.74 Å². The molecule has 0 amide bonds. The number of anilines is 1. The minimum Gasteiger partial charge on any atom is -0.504 e. The summed E-state index contributed by atoms with van der Waals surface area (Å²) < 4.78 is 10.2. The molecule has 0 fully saturated rings. The number of nitrogens with two attached hydrogens (primary N) is 1. The van der Waals surface area contributed by atoms with Crippen LogP contribution >= 0.6 is 0 Å². The van der Waals surface area contributed by atoms with Gasteiger partial charge in [-0.05, 0) is 30.3 Å². The lowest BCUT2D eigenvalue weighted by Crippen LogP contribution is -2.04. The topological polar surface area (TPSA) is 81.8 Å². The van der Waals surface area contributed by atoms with Crippen molar-refractivity contribution in [1.82, 2.24) is 0 Å². The molecule has 0 aliphatic heterocycles. The number of ether oxygens (including phenoxy) is 2. The number of methoxy groups -OCH3 is 1. The number of rotatable bonds is 3. The van der Waals surface area contributed by atoms with Gasteiger partial charge in [0.2, 0.25) is 0 Å². The summed E-state index contributed by atoms with van der Waals surface area (Å²) in [6.45, 7) is 0. The summed E-state index contributed by atoms with van der Waals surface area (Å²) >= 11 is 0. The second-order valence-electron chi connectivity index (χ2n) is 3.82. The number of hydrogen-bond donors (Lipinski definition) is 2. The van der Waals surface area contributed by atoms with Crippen LogP contribution in [0.25, 0.3) is 0 Å². The van der Waals surface area contributed by atoms with Crippen LogP contribution in [0.3, 0.4) is 0 Å². The third kappa shape index (κ3) is 2.77. The van der Waals surface area contributed by atoms with E-state index in [1.165, 1.54) is 19.2 Å². The molecule has 0 unspecified atom stereocenters. The van der Waals surface area contributed by atoms with E-state index in [-0.39, 0.29) is 22.8 Å². The van der Waals surface area contributed by atoms with Crippen molar-refractivity contribution >= 4 is 11.7 Å². The fourth-order valence-corrected chi connectivity index (χ4v) is 1.57. The monoisotopic (exact) mass is 259 g/mol. The first kappa shape index (κ1) is 12.8. The first-order valence-corrected chi connectivity index (χ1v) is 5.55. The highest BCUT2D eigenvalue weighted by molar-refractivity contribution is 5.93. The van der Waals surface area contributed by atoms with Crippen molar-refractivity contribution in [3.8, 4) is 17.2 Å². The molecule has 0 atom stereocenters. The van der Waals surface area contributed by atoms with Crippen LogP contribution in [0.2, 0.25) is 0 Å². The van der Waals surface area contributed by atoms with E-state index in [2.05, 4.69) is 4.74 Å². The van der Waals surface area contributed by atoms with Crippen LogP contribution in [0.4, 0.5) is 5.69 Å². The molecule has 0 aliphatic carbocycles. The second-order valence-corrected chi connectivity index (χ2v) is 3.82. The van der Waals surface area contributed by atoms with E-state index in [9.17, 15) is 9.90 Å². The number of phenols is 1. The van der Waals surface area contributed by atoms with Crippen molar-refractivity contribution in [1.29, 1.82) is 0 Å². The van der Waals surface area contributed by atoms with Crippen molar-refractivity contribution in [3.63, 3.8) is 0 Å². The summed E-state index contributed by atoms with van der Waals surface area (Å²) in [5.41, 5.74) is 6.25. The molecule has 5 nitrogen and oxygen atoms in total. The highest BCUT2D eigenvalue weighted by Crippen LogP contribution is 2.32. The molecule has 0 radical (unpaired) electrons. The number of benzene rings is 2. The molecular formula is C14H13NO4. The van der Waals surface area contributed by atoms with Crippen molar-refractivity contribution in [2.75, 3.05) is 12.8 Å². The molecular weight excluding hydrogens is 246 g/mol. The number of phenolic OH excluding ortho intramolecular Hbond substituents is 1. The first-order chi connectivity index (χ1) is 9.11. The summed E-state index contributed by atoms with van der Waals surface area (Å²) in [4.78, 5) is 11.6. The summed E-state index contributed by atoms with van der Waals surface area (Å²) in [5, 5.41) is 9.65. The molecule has 5 heteroatoms. The molecule has 3 N–H and O–H groups in total. The van der Waals surface area contributed by atoms with Gasteiger partial charge >= 0.3 is 5.97 Å². The normalized spacial score (nSPS) is 9.95. The summed E-state index contributed by atoms with van der Waals surface area (Å²) in [5.74, 6) is -0.0622. The van der Waals surface area contributed by atoms with Crippen molar-refractivity contribution < 1.29 is 19.4 Å². The van der Waals surface area contributed by atoms with Gasteiger partial charge in [-0.25, -0.2) is 4.79 Å². The SMILES string of the molecule is COC(=O)c1cc(N)ccc1Oc1ccccc1O. The van der Waals surface area contributed by atoms with E-state index in [0.29, 0.717) is 5.69 Å². The Bertz CT molecular complexity index is 610. The molecule has 0 spiro atoms. The fraction of sp³-hybridized carbons (Fsp3) is 0.0714. The Labute approximate surface area is 110 Å². The average Bonchev–Trinajstić information content (AvgIpc) is 2.42. The first-order valence-electron chi connectivity index (χ1n) is 5.55. The van der Waals surface area contributed by atoms with Crippen LogP contribution in [-0.4, -0.2) is 18.2 Å². The molecule has 0 saturated heterocycles. The van der Waals surface area contributed by atoms with Crippen molar-refractivity contribution in [3.05, 3.63) is 48.0 Å². The van der Waals surface area contributed by atoms with Gasteiger partial charge in [0.25, 0.3) is 0 Å². The van der Waals surface area contributed by atoms with Gasteiger partial charge in [0.15, 0.2) is 11.5 Å². The molecule has 19 heavy (non-hydrogen) atoms. The third-order valence-corrected chi connectivity index (χ3v) is 2.49. The second kappa shape index (κ2) is 5.30. The van der Waals surface area contributed by atoms with Crippen LogP contribution in [0.1, 0.15) is 10.4 Å². The fourth-order valence-electron chi connectivity index (χ4n) is 1.57. The Hall–Kier alpha value is -2.69. The number of aromatic hydroxyl groups is 1. The van der Waals surface area contributed by atoms with Gasteiger partial charge in [0, 0.05) is 5.69 Å². The van der Waals surface area contributed by atoms with Gasteiger partial charge in [-0.3, -0.25) is 0 Å². The Morgan fingerprint density at radius 2 is 1.89 bits per heavy atom. The molecule has 0 aliphatic rings. The van der Waals surface area contributed by atoms with Crippen LogP contribution in [0.15, 0.2) is 42.5 Å². The lowest BCUT2D eigenvalue weighted by atomic mass is 10.2. The quantitative estimate of drug-likeness (QED) is 0.654. The molecule has 2 aromatic rings. The lowest BCUT2D eigenvalue weighted by Gasteiger charge is -2.11. The van der Waals surface area contributed by atoms with Gasteiger partial charge < -0.3 is 20.3 Å². The van der Waals surface area contributed by atoms with Gasteiger partial charge in [-0.15, -0.1) is 0 Å². The Balaban J connectivity index is 2.40. The maximum Gasteiger partial charge on any atom is 0.341 e. The molecule has 98 valence electrons. The molecule has 0 saturated carbocycles. The summed E-state index contributed by atoms with van der Waals surface area (Å²) in [6, 6.07) is 11.1. The number of para-hydroxylation sites is 2. The number of esters is 1. The van der Waals surface area contributed by atoms with Crippen LogP contribution < -0.4 is 10.5 Å². The zero-order valence-electron chi connectivity index (χ0n) is 10.3. The molecule has 2 aromatic carbocycles. The predicted molar refractivity (Wildman–Crippen MR) is 70.4 cm³/mol. The smallest absolute Gasteiger partial charge is 0.341 e. The van der Waals surface area contributed by atoms with Gasteiger partial charge in [0.1, 0.15) is 11.3 Å². The van der Waals surface area contributed by atoms with Crippen LogP contribution in [0.5, 0.6) is 17.2 Å². The number of carbonyl (C=O) groups is 1. The minimum absolute atomic E-state index is 0.0184. The largest absolute Gasteiger partial charge is 0.504 e. The maximum atomic E-state index is 11.6. The lowest BCUT2D eigenvalue weighted by molar-refractivity contribution is 0.0598. The summed E-state index contributed by atoms with van der Waals surface area (Å²) in [7, 11) is 1.27. The Morgan fingerprint density at radius 3 is 2.58 bits per heavy atom. The van der Waals surface area contributed by atoms with E-state index < -0.39 is 5.97 Å². The molecule has 2 rings (SSSR count). The Morgan fingerprint density at radius 1 is 1.16 bits per heavy atom. The highest BCUT2D eigenvalue weighted by atomic mass is 16.5. The highest BCUT2D eigenvalue weighted by Gasteiger charge is 2.15. The molecule has 0 bridgehead atoms. The van der Waals surface area contributed by atoms with Gasteiger partial charge in [0.05, 0.1) is 7.11 Å². The van der Waals surface area contributed by atoms with E-state index in [0.717, 1.165) is 0 Å². The zero-order chi connectivity index (χ0) is 13.8. The maximum absolute atomic E-state index is 11.6. The van der Waals surface area contributed by atoms with E-state index in [1.54, 1.807) is 30.3 Å². The minimum atomic E-state index is -0.558. The van der Waals surface area contributed by atoms with Gasteiger partial charge in [-0.1, -0.05) is 12.1 Å². The molecule has 0 heterocycles. The van der Waals surface area contributed by atoms with Crippen LogP contribution in [0, 0.1) is 0 Å². The van der Waals surface area contributed by atoms with E-state index in [4.69, 9.17) is 10.5 Å². The van der Waals surface area contributed by atoms with E-state index in [1.807, 2.05) is 0 Å². The number of carbonyl (C=O) groups excluding carboxylic acids is 1. The predicted octanol–water partition coefficient (Wildman–Crippen LogP) is 2.55. The third-order valence-electron chi connectivity index (χ3n) is 2.49. The van der Waals surface area contributed by atoms with Crippen molar-refractivity contribution in [2.45, 2.75) is 0 Å². The average molecular weight is 259 g/mol. The number of nitrogen functional groups attached to an aromatic ring is 1. The van der Waals surface area contributed by atoms with Crippen molar-refractivity contribution in [2.24, 2.45) is 0 Å². The standard InChI is InChI=1S/C14H13NO4/c1-18-14(17)10-8-9(15)6-7-12(10)19-13-5-3-2-4-11(13)16/h2-8,16H,15H2,1H3.